The lowest BCUT2D eigenvalue weighted by Gasteiger charge is -2.16. The van der Waals surface area contributed by atoms with Gasteiger partial charge in [0.1, 0.15) is 0 Å². The van der Waals surface area contributed by atoms with E-state index in [4.69, 9.17) is 20.9 Å². The first kappa shape index (κ1) is 22.8. The van der Waals surface area contributed by atoms with Gasteiger partial charge >= 0.3 is 11.9 Å². The maximum absolute atomic E-state index is 12.0. The Hall–Kier alpha value is -2.85. The minimum Gasteiger partial charge on any atom is -0.466 e. The third-order valence-corrected chi connectivity index (χ3v) is 5.53. The third kappa shape index (κ3) is 6.56. The molecule has 1 saturated heterocycles. The van der Waals surface area contributed by atoms with Crippen molar-refractivity contribution in [3.05, 3.63) is 46.3 Å². The normalized spacial score (nSPS) is 14.8. The molecular weight excluding hydrogens is 446 g/mol. The van der Waals surface area contributed by atoms with Gasteiger partial charge in [-0.25, -0.2) is 4.79 Å². The number of nitrogens with zero attached hydrogens (tertiary/aromatic N) is 3. The number of rotatable bonds is 9. The molecule has 1 aliphatic heterocycles. The van der Waals surface area contributed by atoms with Crippen molar-refractivity contribution in [2.45, 2.75) is 19.3 Å². The summed E-state index contributed by atoms with van der Waals surface area (Å²) in [6, 6.07) is 7.01. The molecule has 0 unspecified atom stereocenters. The van der Waals surface area contributed by atoms with Gasteiger partial charge in [-0.2, -0.15) is 4.98 Å². The number of hydrogen-bond acceptors (Lipinski definition) is 9. The quantitative estimate of drug-likeness (QED) is 0.313. The highest BCUT2D eigenvalue weighted by molar-refractivity contribution is 8.04. The zero-order valence-electron chi connectivity index (χ0n) is 16.7. The van der Waals surface area contributed by atoms with E-state index >= 15 is 0 Å². The van der Waals surface area contributed by atoms with Crippen LogP contribution in [0.2, 0.25) is 5.02 Å². The molecule has 0 spiro atoms. The molecule has 164 valence electrons. The van der Waals surface area contributed by atoms with Crippen LogP contribution in [0.4, 0.5) is 0 Å². The van der Waals surface area contributed by atoms with Crippen LogP contribution in [0.5, 0.6) is 0 Å². The molecule has 1 fully saturated rings. The van der Waals surface area contributed by atoms with E-state index < -0.39 is 11.9 Å². The molecule has 1 aromatic carbocycles. The lowest BCUT2D eigenvalue weighted by Crippen LogP contribution is -2.27. The molecule has 0 saturated carbocycles. The van der Waals surface area contributed by atoms with Gasteiger partial charge in [0.15, 0.2) is 0 Å². The van der Waals surface area contributed by atoms with E-state index in [9.17, 15) is 14.4 Å². The SMILES string of the molecule is COC(=O)/C=C1/SCC(=O)N1CCCOC(=O)CCc1nc(-c2ccc(Cl)cc2)no1. The molecular formula is C20H20ClN3O6S. The number of esters is 2. The minimum absolute atomic E-state index is 0.0915. The Morgan fingerprint density at radius 3 is 2.84 bits per heavy atom. The molecule has 1 aliphatic rings. The minimum atomic E-state index is -0.520. The molecule has 0 aliphatic carbocycles. The number of benzene rings is 1. The lowest BCUT2D eigenvalue weighted by atomic mass is 10.2. The van der Waals surface area contributed by atoms with Crippen molar-refractivity contribution in [2.75, 3.05) is 26.0 Å². The Labute approximate surface area is 187 Å². The Bertz CT molecular complexity index is 976. The summed E-state index contributed by atoms with van der Waals surface area (Å²) in [6.45, 7) is 0.495. The summed E-state index contributed by atoms with van der Waals surface area (Å²) in [6.07, 6.45) is 2.07. The fraction of sp³-hybridized carbons (Fsp3) is 0.350. The maximum Gasteiger partial charge on any atom is 0.333 e. The van der Waals surface area contributed by atoms with Crippen molar-refractivity contribution in [1.29, 1.82) is 0 Å². The molecule has 3 rings (SSSR count). The van der Waals surface area contributed by atoms with Gasteiger partial charge in [0.2, 0.25) is 17.6 Å². The van der Waals surface area contributed by atoms with Crippen LogP contribution in [0.1, 0.15) is 18.7 Å². The van der Waals surface area contributed by atoms with Gasteiger partial charge in [0, 0.05) is 23.6 Å². The predicted molar refractivity (Wildman–Crippen MR) is 113 cm³/mol. The first-order chi connectivity index (χ1) is 15.0. The molecule has 11 heteroatoms. The summed E-state index contributed by atoms with van der Waals surface area (Å²) in [5.74, 6) is 0.000237. The Kier molecular flexibility index (Phi) is 8.07. The van der Waals surface area contributed by atoms with E-state index in [0.717, 1.165) is 5.56 Å². The average molecular weight is 466 g/mol. The largest absolute Gasteiger partial charge is 0.466 e. The number of aromatic nitrogens is 2. The number of carbonyl (C=O) groups is 3. The van der Waals surface area contributed by atoms with Gasteiger partial charge in [-0.15, -0.1) is 0 Å². The second-order valence-corrected chi connectivity index (χ2v) is 7.86. The van der Waals surface area contributed by atoms with Crippen LogP contribution in [0, 0.1) is 0 Å². The molecule has 0 N–H and O–H groups in total. The summed E-state index contributed by atoms with van der Waals surface area (Å²) >= 11 is 7.13. The summed E-state index contributed by atoms with van der Waals surface area (Å²) in [5.41, 5.74) is 0.761. The van der Waals surface area contributed by atoms with Crippen LogP contribution in [0.15, 0.2) is 39.9 Å². The number of thioether (sulfide) groups is 1. The maximum atomic E-state index is 12.0. The number of aryl methyl sites for hydroxylation is 1. The molecule has 0 radical (unpaired) electrons. The van der Waals surface area contributed by atoms with E-state index in [0.29, 0.717) is 34.7 Å². The fourth-order valence-electron chi connectivity index (χ4n) is 2.69. The van der Waals surface area contributed by atoms with Gasteiger partial charge in [-0.05, 0) is 30.7 Å². The topological polar surface area (TPSA) is 112 Å². The zero-order chi connectivity index (χ0) is 22.2. The molecule has 9 nitrogen and oxygen atoms in total. The smallest absolute Gasteiger partial charge is 0.333 e. The van der Waals surface area contributed by atoms with E-state index in [-0.39, 0.29) is 31.1 Å². The number of amides is 1. The van der Waals surface area contributed by atoms with Crippen LogP contribution in [-0.4, -0.2) is 58.9 Å². The summed E-state index contributed by atoms with van der Waals surface area (Å²) in [7, 11) is 1.28. The molecule has 1 aromatic heterocycles. The third-order valence-electron chi connectivity index (χ3n) is 4.26. The van der Waals surface area contributed by atoms with Crippen LogP contribution in [0.3, 0.4) is 0 Å². The average Bonchev–Trinajstić information content (AvgIpc) is 3.37. The highest BCUT2D eigenvalue weighted by Crippen LogP contribution is 2.28. The van der Waals surface area contributed by atoms with Gasteiger partial charge in [0.25, 0.3) is 0 Å². The van der Waals surface area contributed by atoms with Crippen molar-refractivity contribution in [2.24, 2.45) is 0 Å². The second kappa shape index (κ2) is 11.0. The monoisotopic (exact) mass is 465 g/mol. The predicted octanol–water partition coefficient (Wildman–Crippen LogP) is 2.85. The number of ether oxygens (including phenoxy) is 2. The molecule has 2 heterocycles. The molecule has 31 heavy (non-hydrogen) atoms. The second-order valence-electron chi connectivity index (χ2n) is 6.43. The van der Waals surface area contributed by atoms with Gasteiger partial charge in [-0.1, -0.05) is 28.5 Å². The van der Waals surface area contributed by atoms with Crippen molar-refractivity contribution in [1.82, 2.24) is 15.0 Å². The van der Waals surface area contributed by atoms with Crippen molar-refractivity contribution in [3.63, 3.8) is 0 Å². The van der Waals surface area contributed by atoms with Gasteiger partial charge in [-0.3, -0.25) is 9.59 Å². The summed E-state index contributed by atoms with van der Waals surface area (Å²) in [4.78, 5) is 41.0. The van der Waals surface area contributed by atoms with Crippen LogP contribution in [-0.2, 0) is 30.3 Å². The van der Waals surface area contributed by atoms with E-state index in [1.54, 1.807) is 24.3 Å². The van der Waals surface area contributed by atoms with E-state index in [1.807, 2.05) is 0 Å². The highest BCUT2D eigenvalue weighted by Gasteiger charge is 2.27. The first-order valence-electron chi connectivity index (χ1n) is 9.43. The van der Waals surface area contributed by atoms with Crippen LogP contribution in [0.25, 0.3) is 11.4 Å². The van der Waals surface area contributed by atoms with E-state index in [2.05, 4.69) is 14.9 Å². The number of halogens is 1. The molecule has 2 aromatic rings. The number of carbonyl (C=O) groups excluding carboxylic acids is 3. The lowest BCUT2D eigenvalue weighted by molar-refractivity contribution is -0.143. The standard InChI is InChI=1S/C20H20ClN3O6S/c1-28-19(27)11-17-24(16(25)12-31-17)9-2-10-29-18(26)8-7-15-22-20(23-30-15)13-3-5-14(21)6-4-13/h3-6,11H,2,7-10,12H2,1H3/b17-11+. The molecule has 0 bridgehead atoms. The van der Waals surface area contributed by atoms with E-state index in [1.165, 1.54) is 29.8 Å². The Morgan fingerprint density at radius 1 is 1.32 bits per heavy atom. The Morgan fingerprint density at radius 2 is 2.10 bits per heavy atom. The Balaban J connectivity index is 1.39. The zero-order valence-corrected chi connectivity index (χ0v) is 18.3. The highest BCUT2D eigenvalue weighted by atomic mass is 35.5. The van der Waals surface area contributed by atoms with Crippen LogP contribution >= 0.6 is 23.4 Å². The van der Waals surface area contributed by atoms with Crippen molar-refractivity contribution >= 4 is 41.2 Å². The van der Waals surface area contributed by atoms with Crippen molar-refractivity contribution < 1.29 is 28.4 Å². The number of methoxy groups -OCH3 is 1. The van der Waals surface area contributed by atoms with Crippen LogP contribution < -0.4 is 0 Å². The van der Waals surface area contributed by atoms with Gasteiger partial charge < -0.3 is 18.9 Å². The van der Waals surface area contributed by atoms with Gasteiger partial charge in [0.05, 0.1) is 37.0 Å². The molecule has 0 atom stereocenters. The first-order valence-corrected chi connectivity index (χ1v) is 10.8. The van der Waals surface area contributed by atoms with Crippen molar-refractivity contribution in [3.8, 4) is 11.4 Å². The summed E-state index contributed by atoms with van der Waals surface area (Å²) < 4.78 is 15.0. The fourth-order valence-corrected chi connectivity index (χ4v) is 3.77. The molecule has 1 amide bonds. The summed E-state index contributed by atoms with van der Waals surface area (Å²) in [5, 5.41) is 5.04. The number of hydrogen-bond donors (Lipinski definition) is 0.